The molecule has 176 valence electrons. The zero-order valence-electron chi connectivity index (χ0n) is 20.8. The second-order valence-electron chi connectivity index (χ2n) is 10.7. The Morgan fingerprint density at radius 1 is 0.833 bits per heavy atom. The maximum Gasteiger partial charge on any atom is 0.216 e. The van der Waals surface area contributed by atoms with Crippen LogP contribution in [0.1, 0.15) is 66.2 Å². The molecule has 0 radical (unpaired) electrons. The largest absolute Gasteiger partial charge is 0.454 e. The van der Waals surface area contributed by atoms with Crippen molar-refractivity contribution in [3.8, 4) is 28.5 Å². The number of nitrogens with zero attached hydrogens (tertiary/aromatic N) is 2. The van der Waals surface area contributed by atoms with Crippen LogP contribution < -0.4 is 4.57 Å². The molecule has 2 unspecified atom stereocenters. The van der Waals surface area contributed by atoms with Crippen molar-refractivity contribution in [2.45, 2.75) is 50.9 Å². The zero-order valence-corrected chi connectivity index (χ0v) is 20.8. The van der Waals surface area contributed by atoms with Crippen LogP contribution in [0.2, 0.25) is 0 Å². The summed E-state index contributed by atoms with van der Waals surface area (Å²) in [4.78, 5) is 0. The van der Waals surface area contributed by atoms with Gasteiger partial charge >= 0.3 is 0 Å². The number of benzene rings is 3. The fourth-order valence-corrected chi connectivity index (χ4v) is 6.86. The predicted octanol–water partition coefficient (Wildman–Crippen LogP) is 8.07. The molecule has 3 nitrogen and oxygen atoms in total. The molecule has 2 atom stereocenters. The number of fused-ring (bicyclic) bond motifs is 6. The molecule has 36 heavy (non-hydrogen) atoms. The first-order valence-corrected chi connectivity index (χ1v) is 13.1. The van der Waals surface area contributed by atoms with Crippen molar-refractivity contribution >= 4 is 21.9 Å². The van der Waals surface area contributed by atoms with Crippen LogP contribution in [0.4, 0.5) is 0 Å². The molecule has 5 aromatic rings. The lowest BCUT2D eigenvalue weighted by Gasteiger charge is -2.28. The monoisotopic (exact) mass is 469 g/mol. The molecular weight excluding hydrogens is 440 g/mol. The molecule has 0 N–H and O–H groups in total. The Balaban J connectivity index is 1.52. The first-order valence-electron chi connectivity index (χ1n) is 13.1. The van der Waals surface area contributed by atoms with Crippen molar-refractivity contribution in [2.24, 2.45) is 7.05 Å². The summed E-state index contributed by atoms with van der Waals surface area (Å²) < 4.78 is 8.91. The molecule has 2 bridgehead atoms. The van der Waals surface area contributed by atoms with Gasteiger partial charge in [-0.25, -0.2) is 4.57 Å². The number of aryl methyl sites for hydroxylation is 2. The van der Waals surface area contributed by atoms with Gasteiger partial charge in [0.25, 0.3) is 0 Å². The van der Waals surface area contributed by atoms with E-state index in [4.69, 9.17) is 4.42 Å². The Labute approximate surface area is 211 Å². The first-order chi connectivity index (χ1) is 17.6. The average Bonchev–Trinajstić information content (AvgIpc) is 3.03. The van der Waals surface area contributed by atoms with Crippen LogP contribution in [0.5, 0.6) is 0 Å². The second kappa shape index (κ2) is 8.07. The smallest absolute Gasteiger partial charge is 0.216 e. The van der Waals surface area contributed by atoms with Gasteiger partial charge in [-0.15, -0.1) is 0 Å². The standard InChI is InChI=1S/C33H29N2O/c1-20-9-14-26-27-16-13-24(19-34)31(33(27)36-32(26)30(20)29-8-3-4-17-35(29)2)23-12-15-25-21-6-5-7-22(11-10-21)28(25)18-23/h3-4,8-9,12-18,21-22H,5-7,10-11H2,1-2H3/q+1. The van der Waals surface area contributed by atoms with Gasteiger partial charge in [-0.3, -0.25) is 0 Å². The van der Waals surface area contributed by atoms with Crippen molar-refractivity contribution in [2.75, 3.05) is 0 Å². The Morgan fingerprint density at radius 3 is 2.36 bits per heavy atom. The minimum absolute atomic E-state index is 0.645. The van der Waals surface area contributed by atoms with Gasteiger partial charge in [0.15, 0.2) is 6.20 Å². The van der Waals surface area contributed by atoms with Gasteiger partial charge in [0, 0.05) is 28.5 Å². The summed E-state index contributed by atoms with van der Waals surface area (Å²) in [5.41, 5.74) is 10.8. The second-order valence-corrected chi connectivity index (χ2v) is 10.7. The van der Waals surface area contributed by atoms with E-state index in [9.17, 15) is 5.26 Å². The molecule has 1 fully saturated rings. The van der Waals surface area contributed by atoms with Crippen LogP contribution in [-0.4, -0.2) is 0 Å². The van der Waals surface area contributed by atoms with Crippen molar-refractivity contribution in [1.29, 1.82) is 5.26 Å². The third-order valence-corrected chi connectivity index (χ3v) is 8.67. The Morgan fingerprint density at radius 2 is 1.58 bits per heavy atom. The van der Waals surface area contributed by atoms with E-state index in [0.717, 1.165) is 44.3 Å². The number of furan rings is 1. The number of hydrogen-bond acceptors (Lipinski definition) is 2. The van der Waals surface area contributed by atoms with E-state index in [1.165, 1.54) is 48.8 Å². The lowest BCUT2D eigenvalue weighted by molar-refractivity contribution is -0.660. The minimum Gasteiger partial charge on any atom is -0.454 e. The minimum atomic E-state index is 0.645. The van der Waals surface area contributed by atoms with Crippen LogP contribution in [0.25, 0.3) is 44.3 Å². The van der Waals surface area contributed by atoms with E-state index in [0.29, 0.717) is 17.4 Å². The molecule has 3 aromatic carbocycles. The molecule has 3 aliphatic rings. The molecule has 0 saturated heterocycles. The highest BCUT2D eigenvalue weighted by atomic mass is 16.3. The average molecular weight is 470 g/mol. The molecule has 3 heteroatoms. The van der Waals surface area contributed by atoms with E-state index in [-0.39, 0.29) is 0 Å². The van der Waals surface area contributed by atoms with Crippen LogP contribution in [0.3, 0.4) is 0 Å². The van der Waals surface area contributed by atoms with Crippen LogP contribution in [0, 0.1) is 18.3 Å². The van der Waals surface area contributed by atoms with Gasteiger partial charge in [-0.05, 0) is 84.9 Å². The molecule has 0 aliphatic heterocycles. The molecular formula is C33H29N2O+. The SMILES string of the molecule is Cc1ccc2c(oc3c(-c4ccc5c(c4)C4CCCC5CC4)c(C#N)ccc32)c1-c1cccc[n+]1C. The molecule has 0 amide bonds. The number of rotatable bonds is 2. The highest BCUT2D eigenvalue weighted by molar-refractivity contribution is 6.14. The van der Waals surface area contributed by atoms with Gasteiger partial charge in [0.2, 0.25) is 5.69 Å². The maximum absolute atomic E-state index is 10.1. The highest BCUT2D eigenvalue weighted by Crippen LogP contribution is 2.49. The summed E-state index contributed by atoms with van der Waals surface area (Å²) >= 11 is 0. The van der Waals surface area contributed by atoms with Crippen LogP contribution >= 0.6 is 0 Å². The summed E-state index contributed by atoms with van der Waals surface area (Å²) in [6.45, 7) is 2.14. The Bertz CT molecular complexity index is 1710. The van der Waals surface area contributed by atoms with E-state index >= 15 is 0 Å². The number of nitriles is 1. The third-order valence-electron chi connectivity index (χ3n) is 8.67. The van der Waals surface area contributed by atoms with Crippen molar-refractivity contribution in [3.63, 3.8) is 0 Å². The number of aromatic nitrogens is 1. The van der Waals surface area contributed by atoms with Crippen LogP contribution in [0.15, 0.2) is 71.3 Å². The van der Waals surface area contributed by atoms with Gasteiger partial charge in [0.1, 0.15) is 18.2 Å². The predicted molar refractivity (Wildman–Crippen MR) is 144 cm³/mol. The van der Waals surface area contributed by atoms with Gasteiger partial charge in [-0.1, -0.05) is 36.8 Å². The number of hydrogen-bond donors (Lipinski definition) is 0. The lowest BCUT2D eigenvalue weighted by atomic mass is 9.77. The number of pyridine rings is 1. The summed E-state index contributed by atoms with van der Waals surface area (Å²) in [5.74, 6) is 1.34. The van der Waals surface area contributed by atoms with Crippen molar-refractivity contribution in [1.82, 2.24) is 0 Å². The summed E-state index contributed by atoms with van der Waals surface area (Å²) in [6, 6.07) is 24.0. The van der Waals surface area contributed by atoms with E-state index in [2.05, 4.69) is 79.3 Å². The van der Waals surface area contributed by atoms with Gasteiger partial charge in [-0.2, -0.15) is 5.26 Å². The van der Waals surface area contributed by atoms with E-state index in [1.807, 2.05) is 12.1 Å². The van der Waals surface area contributed by atoms with Gasteiger partial charge < -0.3 is 4.42 Å². The Kier molecular flexibility index (Phi) is 4.79. The summed E-state index contributed by atoms with van der Waals surface area (Å²) in [7, 11) is 2.07. The fourth-order valence-electron chi connectivity index (χ4n) is 6.86. The van der Waals surface area contributed by atoms with E-state index in [1.54, 1.807) is 0 Å². The third kappa shape index (κ3) is 3.07. The molecule has 8 rings (SSSR count). The molecule has 2 heterocycles. The Hall–Kier alpha value is -3.90. The molecule has 0 spiro atoms. The zero-order chi connectivity index (χ0) is 24.4. The maximum atomic E-state index is 10.1. The first kappa shape index (κ1) is 21.4. The van der Waals surface area contributed by atoms with Gasteiger partial charge in [0.05, 0.1) is 17.2 Å². The molecule has 1 saturated carbocycles. The lowest BCUT2D eigenvalue weighted by Crippen LogP contribution is -2.30. The summed E-state index contributed by atoms with van der Waals surface area (Å²) in [5, 5.41) is 12.3. The topological polar surface area (TPSA) is 40.8 Å². The summed E-state index contributed by atoms with van der Waals surface area (Å²) in [6.07, 6.45) is 8.59. The van der Waals surface area contributed by atoms with Crippen molar-refractivity contribution < 1.29 is 8.98 Å². The molecule has 2 aromatic heterocycles. The van der Waals surface area contributed by atoms with E-state index < -0.39 is 0 Å². The fraction of sp³-hybridized carbons (Fsp3) is 0.273. The van der Waals surface area contributed by atoms with Crippen molar-refractivity contribution in [3.05, 3.63) is 89.1 Å². The highest BCUT2D eigenvalue weighted by Gasteiger charge is 2.31. The van der Waals surface area contributed by atoms with Crippen LogP contribution in [-0.2, 0) is 7.05 Å². The molecule has 3 aliphatic carbocycles. The normalized spacial score (nSPS) is 18.8. The quantitative estimate of drug-likeness (QED) is 0.245.